The number of aromatic nitrogens is 2. The van der Waals surface area contributed by atoms with Gasteiger partial charge in [0.15, 0.2) is 0 Å². The number of pyridine rings is 1. The summed E-state index contributed by atoms with van der Waals surface area (Å²) in [5.41, 5.74) is 1.95. The van der Waals surface area contributed by atoms with Crippen LogP contribution in [-0.2, 0) is 6.54 Å². The van der Waals surface area contributed by atoms with Crippen molar-refractivity contribution >= 4 is 28.3 Å². The third-order valence-electron chi connectivity index (χ3n) is 4.77. The van der Waals surface area contributed by atoms with Gasteiger partial charge in [0.05, 0.1) is 16.6 Å². The SMILES string of the molecule is CC(C)c1noc2ncc(C(=O)N3CCN(Cc4cccs4)CC3)cc12. The first-order valence-corrected chi connectivity index (χ1v) is 9.79. The number of thiophene rings is 1. The Hall–Kier alpha value is -2.25. The summed E-state index contributed by atoms with van der Waals surface area (Å²) < 4.78 is 5.26. The molecular weight excluding hydrogens is 348 g/mol. The van der Waals surface area contributed by atoms with Crippen molar-refractivity contribution in [3.63, 3.8) is 0 Å². The van der Waals surface area contributed by atoms with Gasteiger partial charge >= 0.3 is 0 Å². The van der Waals surface area contributed by atoms with Gasteiger partial charge in [0, 0.05) is 43.8 Å². The predicted molar refractivity (Wildman–Crippen MR) is 101 cm³/mol. The maximum atomic E-state index is 12.9. The zero-order valence-corrected chi connectivity index (χ0v) is 15.8. The molecule has 0 aliphatic carbocycles. The molecular formula is C19H22N4O2S. The normalized spacial score (nSPS) is 15.9. The number of amides is 1. The van der Waals surface area contributed by atoms with Gasteiger partial charge in [-0.25, -0.2) is 4.98 Å². The van der Waals surface area contributed by atoms with Gasteiger partial charge in [-0.05, 0) is 23.4 Å². The van der Waals surface area contributed by atoms with Gasteiger partial charge < -0.3 is 9.42 Å². The molecule has 0 spiro atoms. The van der Waals surface area contributed by atoms with Crippen molar-refractivity contribution in [1.29, 1.82) is 0 Å². The van der Waals surface area contributed by atoms with E-state index >= 15 is 0 Å². The van der Waals surface area contributed by atoms with E-state index in [0.29, 0.717) is 11.3 Å². The van der Waals surface area contributed by atoms with Gasteiger partial charge in [0.2, 0.25) is 0 Å². The summed E-state index contributed by atoms with van der Waals surface area (Å²) >= 11 is 1.78. The fourth-order valence-corrected chi connectivity index (χ4v) is 4.04. The Bertz CT molecular complexity index is 896. The van der Waals surface area contributed by atoms with E-state index in [9.17, 15) is 4.79 Å². The van der Waals surface area contributed by atoms with Crippen molar-refractivity contribution in [2.75, 3.05) is 26.2 Å². The first-order chi connectivity index (χ1) is 12.6. The smallest absolute Gasteiger partial charge is 0.257 e. The van der Waals surface area contributed by atoms with E-state index < -0.39 is 0 Å². The lowest BCUT2D eigenvalue weighted by Crippen LogP contribution is -2.48. The second-order valence-electron chi connectivity index (χ2n) is 6.95. The number of nitrogens with zero attached hydrogens (tertiary/aromatic N) is 4. The molecule has 4 rings (SSSR count). The summed E-state index contributed by atoms with van der Waals surface area (Å²) in [5.74, 6) is 0.260. The average molecular weight is 370 g/mol. The highest BCUT2D eigenvalue weighted by atomic mass is 32.1. The number of carbonyl (C=O) groups is 1. The molecule has 0 saturated carbocycles. The number of piperazine rings is 1. The average Bonchev–Trinajstić information content (AvgIpc) is 3.30. The molecule has 4 heterocycles. The van der Waals surface area contributed by atoms with E-state index in [2.05, 4.69) is 46.4 Å². The number of carbonyl (C=O) groups excluding carboxylic acids is 1. The van der Waals surface area contributed by atoms with Gasteiger partial charge in [-0.15, -0.1) is 11.3 Å². The molecule has 0 unspecified atom stereocenters. The van der Waals surface area contributed by atoms with Crippen molar-refractivity contribution in [3.05, 3.63) is 45.9 Å². The fraction of sp³-hybridized carbons (Fsp3) is 0.421. The lowest BCUT2D eigenvalue weighted by molar-refractivity contribution is 0.0629. The lowest BCUT2D eigenvalue weighted by Gasteiger charge is -2.34. The maximum Gasteiger partial charge on any atom is 0.257 e. The second kappa shape index (κ2) is 7.17. The molecule has 0 bridgehead atoms. The van der Waals surface area contributed by atoms with Crippen molar-refractivity contribution in [3.8, 4) is 0 Å². The molecule has 1 amide bonds. The summed E-state index contributed by atoms with van der Waals surface area (Å²) in [5, 5.41) is 7.03. The molecule has 3 aromatic rings. The van der Waals surface area contributed by atoms with Crippen LogP contribution in [0.1, 0.15) is 40.7 Å². The number of rotatable bonds is 4. The van der Waals surface area contributed by atoms with Crippen LogP contribution in [0, 0.1) is 0 Å². The minimum atomic E-state index is 0.0334. The summed E-state index contributed by atoms with van der Waals surface area (Å²) in [6.45, 7) is 8.34. The molecule has 136 valence electrons. The Morgan fingerprint density at radius 3 is 2.81 bits per heavy atom. The minimum Gasteiger partial charge on any atom is -0.336 e. The monoisotopic (exact) mass is 370 g/mol. The lowest BCUT2D eigenvalue weighted by atomic mass is 10.1. The molecule has 0 radical (unpaired) electrons. The molecule has 0 aromatic carbocycles. The van der Waals surface area contributed by atoms with E-state index in [1.807, 2.05) is 11.0 Å². The Morgan fingerprint density at radius 1 is 1.31 bits per heavy atom. The zero-order chi connectivity index (χ0) is 18.1. The van der Waals surface area contributed by atoms with Crippen molar-refractivity contribution in [2.45, 2.75) is 26.3 Å². The molecule has 1 aliphatic rings. The minimum absolute atomic E-state index is 0.0334. The number of hydrogen-bond donors (Lipinski definition) is 0. The number of hydrogen-bond acceptors (Lipinski definition) is 6. The summed E-state index contributed by atoms with van der Waals surface area (Å²) in [6, 6.07) is 6.11. The van der Waals surface area contributed by atoms with Crippen LogP contribution in [0.2, 0.25) is 0 Å². The summed E-state index contributed by atoms with van der Waals surface area (Å²) in [4.78, 5) is 22.8. The fourth-order valence-electron chi connectivity index (χ4n) is 3.30. The van der Waals surface area contributed by atoms with Crippen LogP contribution in [0.5, 0.6) is 0 Å². The molecule has 1 saturated heterocycles. The van der Waals surface area contributed by atoms with E-state index in [-0.39, 0.29) is 11.8 Å². The molecule has 1 fully saturated rings. The third kappa shape index (κ3) is 3.37. The van der Waals surface area contributed by atoms with Gasteiger partial charge in [-0.1, -0.05) is 25.1 Å². The quantitative estimate of drug-likeness (QED) is 0.705. The van der Waals surface area contributed by atoms with E-state index in [4.69, 9.17) is 4.52 Å². The molecule has 0 N–H and O–H groups in total. The second-order valence-corrected chi connectivity index (χ2v) is 7.98. The highest BCUT2D eigenvalue weighted by Gasteiger charge is 2.24. The molecule has 26 heavy (non-hydrogen) atoms. The van der Waals surface area contributed by atoms with Crippen LogP contribution >= 0.6 is 11.3 Å². The highest BCUT2D eigenvalue weighted by molar-refractivity contribution is 7.09. The van der Waals surface area contributed by atoms with Crippen LogP contribution in [0.4, 0.5) is 0 Å². The highest BCUT2D eigenvalue weighted by Crippen LogP contribution is 2.24. The Balaban J connectivity index is 1.45. The van der Waals surface area contributed by atoms with Crippen LogP contribution < -0.4 is 0 Å². The topological polar surface area (TPSA) is 62.5 Å². The maximum absolute atomic E-state index is 12.9. The molecule has 0 atom stereocenters. The van der Waals surface area contributed by atoms with Crippen LogP contribution in [0.25, 0.3) is 11.1 Å². The zero-order valence-electron chi connectivity index (χ0n) is 15.0. The molecule has 7 heteroatoms. The Kier molecular flexibility index (Phi) is 4.74. The summed E-state index contributed by atoms with van der Waals surface area (Å²) in [6.07, 6.45) is 1.60. The number of fused-ring (bicyclic) bond motifs is 1. The van der Waals surface area contributed by atoms with Crippen molar-refractivity contribution in [1.82, 2.24) is 19.9 Å². The first kappa shape index (κ1) is 17.2. The van der Waals surface area contributed by atoms with Gasteiger partial charge in [-0.2, -0.15) is 0 Å². The first-order valence-electron chi connectivity index (χ1n) is 8.91. The van der Waals surface area contributed by atoms with E-state index in [0.717, 1.165) is 43.8 Å². The largest absolute Gasteiger partial charge is 0.336 e. The standard InChI is InChI=1S/C19H22N4O2S/c1-13(2)17-16-10-14(11-20-18(16)25-21-17)19(24)23-7-5-22(6-8-23)12-15-4-3-9-26-15/h3-4,9-11,13H,5-8,12H2,1-2H3. The van der Waals surface area contributed by atoms with E-state index in [1.165, 1.54) is 4.88 Å². The summed E-state index contributed by atoms with van der Waals surface area (Å²) in [7, 11) is 0. The Labute approximate surface area is 156 Å². The van der Waals surface area contributed by atoms with Crippen LogP contribution in [-0.4, -0.2) is 52.0 Å². The van der Waals surface area contributed by atoms with Gasteiger partial charge in [0.25, 0.3) is 11.6 Å². The van der Waals surface area contributed by atoms with Crippen molar-refractivity contribution < 1.29 is 9.32 Å². The Morgan fingerprint density at radius 2 is 2.12 bits per heavy atom. The van der Waals surface area contributed by atoms with Crippen LogP contribution in [0.15, 0.2) is 34.3 Å². The molecule has 1 aliphatic heterocycles. The molecule has 6 nitrogen and oxygen atoms in total. The van der Waals surface area contributed by atoms with Gasteiger partial charge in [0.1, 0.15) is 0 Å². The van der Waals surface area contributed by atoms with E-state index in [1.54, 1.807) is 17.5 Å². The predicted octanol–water partition coefficient (Wildman–Crippen LogP) is 3.37. The van der Waals surface area contributed by atoms with Crippen LogP contribution in [0.3, 0.4) is 0 Å². The third-order valence-corrected chi connectivity index (χ3v) is 5.63. The molecule has 3 aromatic heterocycles. The van der Waals surface area contributed by atoms with Crippen molar-refractivity contribution in [2.24, 2.45) is 0 Å². The van der Waals surface area contributed by atoms with Gasteiger partial charge in [-0.3, -0.25) is 9.69 Å².